The molecule has 0 amide bonds. The van der Waals surface area contributed by atoms with E-state index < -0.39 is 5.60 Å². The lowest BCUT2D eigenvalue weighted by Crippen LogP contribution is -2.37. The van der Waals surface area contributed by atoms with Gasteiger partial charge in [-0.25, -0.2) is 4.98 Å². The summed E-state index contributed by atoms with van der Waals surface area (Å²) >= 11 is 0. The van der Waals surface area contributed by atoms with Gasteiger partial charge in [0.2, 0.25) is 0 Å². The number of aryl methyl sites for hydroxylation is 3. The molecule has 0 saturated carbocycles. The van der Waals surface area contributed by atoms with Crippen molar-refractivity contribution in [3.8, 4) is 17.2 Å². The summed E-state index contributed by atoms with van der Waals surface area (Å²) in [5.41, 5.74) is 1.57. The van der Waals surface area contributed by atoms with Crippen LogP contribution in [-0.2, 0) is 13.1 Å². The number of ether oxygens (including phenoxy) is 3. The minimum atomic E-state index is -0.801. The van der Waals surface area contributed by atoms with Crippen LogP contribution in [0.2, 0.25) is 0 Å². The van der Waals surface area contributed by atoms with E-state index in [4.69, 9.17) is 14.2 Å². The topological polar surface area (TPSA) is 69.0 Å². The summed E-state index contributed by atoms with van der Waals surface area (Å²) in [4.78, 5) is 6.65. The summed E-state index contributed by atoms with van der Waals surface area (Å²) in [6, 6.07) is 14.1. The zero-order chi connectivity index (χ0) is 25.4. The quantitative estimate of drug-likeness (QED) is 0.388. The molecule has 0 bridgehead atoms. The van der Waals surface area contributed by atoms with Gasteiger partial charge in [0, 0.05) is 32.0 Å². The molecule has 0 radical (unpaired) electrons. The van der Waals surface area contributed by atoms with Gasteiger partial charge in [-0.1, -0.05) is 23.8 Å². The lowest BCUT2D eigenvalue weighted by Gasteiger charge is -2.27. The molecule has 194 valence electrons. The Morgan fingerprint density at radius 1 is 1.00 bits per heavy atom. The van der Waals surface area contributed by atoms with Gasteiger partial charge in [0.05, 0.1) is 19.3 Å². The number of rotatable bonds is 11. The maximum Gasteiger partial charge on any atom is 0.161 e. The maximum absolute atomic E-state index is 11.2. The summed E-state index contributed by atoms with van der Waals surface area (Å²) in [7, 11) is 1.68. The van der Waals surface area contributed by atoms with E-state index >= 15 is 0 Å². The molecule has 7 heteroatoms. The van der Waals surface area contributed by atoms with Crippen molar-refractivity contribution < 1.29 is 19.3 Å². The number of imidazole rings is 1. The Bertz CT molecular complexity index is 1100. The van der Waals surface area contributed by atoms with Crippen LogP contribution in [0.4, 0.5) is 0 Å². The number of hydrogen-bond donors (Lipinski definition) is 1. The molecule has 1 atom stereocenters. The van der Waals surface area contributed by atoms with Crippen molar-refractivity contribution in [2.24, 2.45) is 0 Å². The molecule has 0 aliphatic carbocycles. The Morgan fingerprint density at radius 2 is 1.83 bits per heavy atom. The van der Waals surface area contributed by atoms with Crippen molar-refractivity contribution in [2.45, 2.75) is 58.2 Å². The van der Waals surface area contributed by atoms with Crippen molar-refractivity contribution in [1.29, 1.82) is 0 Å². The second kappa shape index (κ2) is 12.3. The molecular formula is C29H39N3O4. The normalized spacial score (nSPS) is 18.6. The highest BCUT2D eigenvalue weighted by molar-refractivity contribution is 5.43. The van der Waals surface area contributed by atoms with Gasteiger partial charge in [0.25, 0.3) is 0 Å². The number of methoxy groups -OCH3 is 1. The number of likely N-dealkylation sites (tertiary alicyclic amines) is 1. The minimum Gasteiger partial charge on any atom is -0.493 e. The molecule has 2 aromatic carbocycles. The van der Waals surface area contributed by atoms with Gasteiger partial charge in [0.1, 0.15) is 18.2 Å². The molecular weight excluding hydrogens is 454 g/mol. The highest BCUT2D eigenvalue weighted by Gasteiger charge is 2.31. The van der Waals surface area contributed by atoms with Gasteiger partial charge in [-0.15, -0.1) is 0 Å². The highest BCUT2D eigenvalue weighted by Crippen LogP contribution is 2.30. The number of benzene rings is 2. The van der Waals surface area contributed by atoms with Crippen molar-refractivity contribution in [3.63, 3.8) is 0 Å². The fraction of sp³-hybridized carbons (Fsp3) is 0.483. The van der Waals surface area contributed by atoms with Crippen LogP contribution in [0.25, 0.3) is 0 Å². The monoisotopic (exact) mass is 493 g/mol. The number of aliphatic hydroxyl groups is 1. The average molecular weight is 494 g/mol. The Labute approximate surface area is 214 Å². The Balaban J connectivity index is 1.26. The van der Waals surface area contributed by atoms with E-state index in [1.807, 2.05) is 49.6 Å². The van der Waals surface area contributed by atoms with Crippen LogP contribution in [0.5, 0.6) is 17.2 Å². The molecule has 1 saturated heterocycles. The van der Waals surface area contributed by atoms with E-state index in [0.717, 1.165) is 68.5 Å². The van der Waals surface area contributed by atoms with E-state index in [9.17, 15) is 5.11 Å². The van der Waals surface area contributed by atoms with Crippen LogP contribution in [0.3, 0.4) is 0 Å². The maximum atomic E-state index is 11.2. The fourth-order valence-corrected chi connectivity index (χ4v) is 4.63. The summed E-state index contributed by atoms with van der Waals surface area (Å²) in [6.07, 6.45) is 7.07. The molecule has 1 aromatic heterocycles. The van der Waals surface area contributed by atoms with E-state index in [2.05, 4.69) is 33.5 Å². The van der Waals surface area contributed by atoms with Gasteiger partial charge in [-0.3, -0.25) is 4.90 Å². The van der Waals surface area contributed by atoms with Gasteiger partial charge in [0.15, 0.2) is 11.5 Å². The van der Waals surface area contributed by atoms with E-state index in [1.165, 1.54) is 11.1 Å². The van der Waals surface area contributed by atoms with Gasteiger partial charge >= 0.3 is 0 Å². The Morgan fingerprint density at radius 3 is 2.58 bits per heavy atom. The van der Waals surface area contributed by atoms with Crippen molar-refractivity contribution in [1.82, 2.24) is 14.5 Å². The standard InChI is InChI=1S/C29H39N3O4/c1-23-6-9-26(10-7-23)36-22-29(33)12-4-15-31(17-13-29)21-25-8-11-27(28(20-25)34-3)35-19-5-16-32-18-14-30-24(32)2/h6-11,14,18,20,33H,4-5,12-13,15-17,19,21-22H2,1-3H3/t29-/m1/s1. The molecule has 0 spiro atoms. The molecule has 3 aromatic rings. The fourth-order valence-electron chi connectivity index (χ4n) is 4.63. The summed E-state index contributed by atoms with van der Waals surface area (Å²) in [5.74, 6) is 3.34. The second-order valence-corrected chi connectivity index (χ2v) is 9.81. The van der Waals surface area contributed by atoms with Crippen molar-refractivity contribution in [3.05, 3.63) is 71.8 Å². The average Bonchev–Trinajstić information content (AvgIpc) is 3.20. The predicted molar refractivity (Wildman–Crippen MR) is 141 cm³/mol. The summed E-state index contributed by atoms with van der Waals surface area (Å²) < 4.78 is 19.7. The zero-order valence-electron chi connectivity index (χ0n) is 21.8. The molecule has 36 heavy (non-hydrogen) atoms. The number of aromatic nitrogens is 2. The van der Waals surface area contributed by atoms with E-state index in [-0.39, 0.29) is 0 Å². The van der Waals surface area contributed by atoms with Gasteiger partial charge in [-0.2, -0.15) is 0 Å². The third-order valence-corrected chi connectivity index (χ3v) is 6.90. The largest absolute Gasteiger partial charge is 0.493 e. The first-order valence-electron chi connectivity index (χ1n) is 12.9. The van der Waals surface area contributed by atoms with Crippen LogP contribution >= 0.6 is 0 Å². The van der Waals surface area contributed by atoms with Crippen LogP contribution in [-0.4, -0.2) is 58.6 Å². The van der Waals surface area contributed by atoms with Crippen LogP contribution in [0, 0.1) is 13.8 Å². The van der Waals surface area contributed by atoms with E-state index in [0.29, 0.717) is 19.6 Å². The molecule has 1 fully saturated rings. The molecule has 1 aliphatic rings. The van der Waals surface area contributed by atoms with Gasteiger partial charge < -0.3 is 23.9 Å². The molecule has 4 rings (SSSR count). The molecule has 2 heterocycles. The summed E-state index contributed by atoms with van der Waals surface area (Å²) in [5, 5.41) is 11.2. The predicted octanol–water partition coefficient (Wildman–Crippen LogP) is 4.77. The van der Waals surface area contributed by atoms with Crippen LogP contribution in [0.1, 0.15) is 42.6 Å². The Hall–Kier alpha value is -3.03. The Kier molecular flexibility index (Phi) is 8.88. The van der Waals surface area contributed by atoms with Crippen LogP contribution < -0.4 is 14.2 Å². The van der Waals surface area contributed by atoms with E-state index in [1.54, 1.807) is 7.11 Å². The zero-order valence-corrected chi connectivity index (χ0v) is 21.8. The molecule has 0 unspecified atom stereocenters. The lowest BCUT2D eigenvalue weighted by atomic mass is 9.96. The SMILES string of the molecule is COc1cc(CN2CCC[C@](O)(COc3ccc(C)cc3)CC2)ccc1OCCCn1ccnc1C. The van der Waals surface area contributed by atoms with Gasteiger partial charge in [-0.05, 0) is 75.9 Å². The smallest absolute Gasteiger partial charge is 0.161 e. The lowest BCUT2D eigenvalue weighted by molar-refractivity contribution is -0.0168. The first-order chi connectivity index (χ1) is 17.4. The highest BCUT2D eigenvalue weighted by atomic mass is 16.5. The molecule has 1 aliphatic heterocycles. The first kappa shape index (κ1) is 26.0. The third-order valence-electron chi connectivity index (χ3n) is 6.90. The molecule has 1 N–H and O–H groups in total. The molecule has 7 nitrogen and oxygen atoms in total. The third kappa shape index (κ3) is 7.24. The second-order valence-electron chi connectivity index (χ2n) is 9.81. The van der Waals surface area contributed by atoms with Crippen LogP contribution in [0.15, 0.2) is 54.9 Å². The number of nitrogens with zero attached hydrogens (tertiary/aromatic N) is 3. The van der Waals surface area contributed by atoms with Crippen molar-refractivity contribution >= 4 is 0 Å². The first-order valence-corrected chi connectivity index (χ1v) is 12.9. The number of hydrogen-bond acceptors (Lipinski definition) is 6. The summed E-state index contributed by atoms with van der Waals surface area (Å²) in [6.45, 7) is 8.45. The minimum absolute atomic E-state index is 0.324. The van der Waals surface area contributed by atoms with Crippen molar-refractivity contribution in [2.75, 3.05) is 33.4 Å².